The van der Waals surface area contributed by atoms with Crippen LogP contribution in [0.3, 0.4) is 0 Å². The molecule has 5 rings (SSSR count). The third kappa shape index (κ3) is 5.86. The van der Waals surface area contributed by atoms with Crippen molar-refractivity contribution in [3.8, 4) is 17.2 Å². The highest BCUT2D eigenvalue weighted by Crippen LogP contribution is 2.35. The van der Waals surface area contributed by atoms with Crippen LogP contribution in [0.4, 0.5) is 0 Å². The van der Waals surface area contributed by atoms with Crippen LogP contribution < -0.4 is 19.5 Å². The van der Waals surface area contributed by atoms with E-state index >= 15 is 0 Å². The lowest BCUT2D eigenvalue weighted by molar-refractivity contribution is -0.127. The number of aromatic nitrogens is 1. The molecule has 1 atom stereocenters. The lowest BCUT2D eigenvalue weighted by atomic mass is 9.94. The number of rotatable bonds is 8. The molecule has 7 nitrogen and oxygen atoms in total. The first kappa shape index (κ1) is 23.5. The Morgan fingerprint density at radius 2 is 1.89 bits per heavy atom. The van der Waals surface area contributed by atoms with Crippen LogP contribution in [0.15, 0.2) is 66.9 Å². The number of piperidine rings is 1. The molecule has 0 radical (unpaired) electrons. The van der Waals surface area contributed by atoms with E-state index in [4.69, 9.17) is 25.8 Å². The minimum atomic E-state index is -0.357. The summed E-state index contributed by atoms with van der Waals surface area (Å²) in [5.41, 5.74) is 1.70. The van der Waals surface area contributed by atoms with E-state index in [1.807, 2.05) is 60.7 Å². The number of benzene rings is 2. The average Bonchev–Trinajstić information content (AvgIpc) is 3.37. The van der Waals surface area contributed by atoms with Crippen molar-refractivity contribution in [3.63, 3.8) is 0 Å². The molecule has 3 heterocycles. The molecule has 1 unspecified atom stereocenters. The number of hydrogen-bond acceptors (Lipinski definition) is 6. The molecular formula is C27H28ClN3O4. The molecule has 3 aromatic rings. The van der Waals surface area contributed by atoms with Gasteiger partial charge in [0, 0.05) is 23.7 Å². The van der Waals surface area contributed by atoms with Crippen LogP contribution in [0, 0.1) is 5.92 Å². The molecule has 0 spiro atoms. The highest BCUT2D eigenvalue weighted by Gasteiger charge is 2.28. The Labute approximate surface area is 210 Å². The van der Waals surface area contributed by atoms with Crippen LogP contribution in [0.25, 0.3) is 0 Å². The Balaban J connectivity index is 1.16. The topological polar surface area (TPSA) is 72.9 Å². The molecule has 8 heteroatoms. The summed E-state index contributed by atoms with van der Waals surface area (Å²) in [7, 11) is 0. The minimum absolute atomic E-state index is 0.0383. The van der Waals surface area contributed by atoms with Crippen LogP contribution in [-0.4, -0.2) is 48.8 Å². The summed E-state index contributed by atoms with van der Waals surface area (Å²) in [6.07, 6.45) is 3.36. The van der Waals surface area contributed by atoms with Crippen molar-refractivity contribution in [2.45, 2.75) is 18.9 Å². The van der Waals surface area contributed by atoms with Crippen molar-refractivity contribution in [2.75, 3.05) is 33.0 Å². The maximum Gasteiger partial charge on any atom is 0.231 e. The standard InChI is InChI=1S/C27H28ClN3O4/c28-21-5-7-22(8-6-21)33-16-15-31-13-10-19(11-14-31)27(32)30-26(23-3-1-2-12-29-23)20-4-9-24-25(17-20)35-18-34-24/h1-9,12,17,19,26H,10-11,13-16,18H2,(H,30,32). The van der Waals surface area contributed by atoms with Gasteiger partial charge < -0.3 is 19.5 Å². The number of nitrogens with one attached hydrogen (secondary N) is 1. The summed E-state index contributed by atoms with van der Waals surface area (Å²) < 4.78 is 16.8. The van der Waals surface area contributed by atoms with Gasteiger partial charge in [-0.1, -0.05) is 23.7 Å². The Bertz CT molecular complexity index is 1130. The number of carbonyl (C=O) groups excluding carboxylic acids is 1. The zero-order valence-electron chi connectivity index (χ0n) is 19.4. The number of pyridine rings is 1. The van der Waals surface area contributed by atoms with E-state index in [-0.39, 0.29) is 24.7 Å². The minimum Gasteiger partial charge on any atom is -0.492 e. The van der Waals surface area contributed by atoms with E-state index in [9.17, 15) is 4.79 Å². The number of amides is 1. The summed E-state index contributed by atoms with van der Waals surface area (Å²) in [5, 5.41) is 3.94. The summed E-state index contributed by atoms with van der Waals surface area (Å²) in [6.45, 7) is 3.36. The lowest BCUT2D eigenvalue weighted by Crippen LogP contribution is -2.42. The van der Waals surface area contributed by atoms with E-state index in [1.165, 1.54) is 0 Å². The Kier molecular flexibility index (Phi) is 7.35. The zero-order valence-corrected chi connectivity index (χ0v) is 20.1. The molecule has 0 bridgehead atoms. The third-order valence-corrected chi connectivity index (χ3v) is 6.70. The van der Waals surface area contributed by atoms with Gasteiger partial charge in [0.2, 0.25) is 12.7 Å². The molecule has 1 amide bonds. The van der Waals surface area contributed by atoms with E-state index in [0.717, 1.165) is 49.5 Å². The molecular weight excluding hydrogens is 466 g/mol. The van der Waals surface area contributed by atoms with Gasteiger partial charge in [-0.15, -0.1) is 0 Å². The molecule has 35 heavy (non-hydrogen) atoms. The van der Waals surface area contributed by atoms with Gasteiger partial charge >= 0.3 is 0 Å². The number of halogens is 1. The number of ether oxygens (including phenoxy) is 3. The predicted molar refractivity (Wildman–Crippen MR) is 133 cm³/mol. The highest BCUT2D eigenvalue weighted by molar-refractivity contribution is 6.30. The first-order valence-corrected chi connectivity index (χ1v) is 12.2. The van der Waals surface area contributed by atoms with Gasteiger partial charge in [0.05, 0.1) is 11.7 Å². The van der Waals surface area contributed by atoms with Crippen molar-refractivity contribution in [3.05, 3.63) is 83.1 Å². The van der Waals surface area contributed by atoms with Crippen molar-refractivity contribution < 1.29 is 19.0 Å². The summed E-state index contributed by atoms with van der Waals surface area (Å²) in [5.74, 6) is 2.23. The smallest absolute Gasteiger partial charge is 0.231 e. The maximum absolute atomic E-state index is 13.3. The Hall–Kier alpha value is -3.29. The molecule has 1 N–H and O–H groups in total. The van der Waals surface area contributed by atoms with Gasteiger partial charge in [0.15, 0.2) is 11.5 Å². The molecule has 2 aromatic carbocycles. The van der Waals surface area contributed by atoms with E-state index in [2.05, 4.69) is 15.2 Å². The van der Waals surface area contributed by atoms with Crippen LogP contribution in [0.2, 0.25) is 5.02 Å². The second-order valence-corrected chi connectivity index (χ2v) is 9.16. The number of nitrogens with zero attached hydrogens (tertiary/aromatic N) is 2. The van der Waals surface area contributed by atoms with Crippen molar-refractivity contribution in [1.29, 1.82) is 0 Å². The van der Waals surface area contributed by atoms with Crippen LogP contribution in [0.1, 0.15) is 30.1 Å². The first-order chi connectivity index (χ1) is 17.2. The predicted octanol–water partition coefficient (Wildman–Crippen LogP) is 4.46. The second-order valence-electron chi connectivity index (χ2n) is 8.73. The molecule has 1 aromatic heterocycles. The number of hydrogen-bond donors (Lipinski definition) is 1. The fourth-order valence-corrected chi connectivity index (χ4v) is 4.60. The zero-order chi connectivity index (χ0) is 24.0. The Morgan fingerprint density at radius 3 is 2.66 bits per heavy atom. The van der Waals surface area contributed by atoms with Gasteiger partial charge in [-0.3, -0.25) is 14.7 Å². The van der Waals surface area contributed by atoms with Gasteiger partial charge in [-0.2, -0.15) is 0 Å². The fourth-order valence-electron chi connectivity index (χ4n) is 4.47. The molecule has 1 fully saturated rings. The van der Waals surface area contributed by atoms with E-state index in [1.54, 1.807) is 6.20 Å². The molecule has 2 aliphatic heterocycles. The fraction of sp³-hybridized carbons (Fsp3) is 0.333. The number of carbonyl (C=O) groups is 1. The molecule has 182 valence electrons. The lowest BCUT2D eigenvalue weighted by Gasteiger charge is -2.32. The largest absolute Gasteiger partial charge is 0.492 e. The number of fused-ring (bicyclic) bond motifs is 1. The van der Waals surface area contributed by atoms with Gasteiger partial charge in [-0.05, 0) is 80.0 Å². The molecule has 0 saturated carbocycles. The van der Waals surface area contributed by atoms with Crippen LogP contribution in [-0.2, 0) is 4.79 Å². The van der Waals surface area contributed by atoms with Gasteiger partial charge in [-0.25, -0.2) is 0 Å². The number of likely N-dealkylation sites (tertiary alicyclic amines) is 1. The third-order valence-electron chi connectivity index (χ3n) is 6.45. The normalized spacial score (nSPS) is 16.6. The summed E-state index contributed by atoms with van der Waals surface area (Å²) in [4.78, 5) is 20.1. The van der Waals surface area contributed by atoms with Gasteiger partial charge in [0.1, 0.15) is 12.4 Å². The van der Waals surface area contributed by atoms with E-state index < -0.39 is 0 Å². The molecule has 0 aliphatic carbocycles. The van der Waals surface area contributed by atoms with Crippen LogP contribution in [0.5, 0.6) is 17.2 Å². The van der Waals surface area contributed by atoms with Crippen LogP contribution >= 0.6 is 11.6 Å². The average molecular weight is 494 g/mol. The summed E-state index contributed by atoms with van der Waals surface area (Å²) >= 11 is 5.92. The first-order valence-electron chi connectivity index (χ1n) is 11.9. The maximum atomic E-state index is 13.3. The molecule has 1 saturated heterocycles. The van der Waals surface area contributed by atoms with E-state index in [0.29, 0.717) is 23.1 Å². The monoisotopic (exact) mass is 493 g/mol. The van der Waals surface area contributed by atoms with Crippen molar-refractivity contribution >= 4 is 17.5 Å². The quantitative estimate of drug-likeness (QED) is 0.499. The Morgan fingerprint density at radius 1 is 1.09 bits per heavy atom. The van der Waals surface area contributed by atoms with Crippen molar-refractivity contribution in [1.82, 2.24) is 15.2 Å². The summed E-state index contributed by atoms with van der Waals surface area (Å²) in [6, 6.07) is 18.5. The highest BCUT2D eigenvalue weighted by atomic mass is 35.5. The second kappa shape index (κ2) is 11.0. The van der Waals surface area contributed by atoms with Crippen molar-refractivity contribution in [2.24, 2.45) is 5.92 Å². The van der Waals surface area contributed by atoms with Gasteiger partial charge in [0.25, 0.3) is 0 Å². The molecule has 2 aliphatic rings. The SMILES string of the molecule is O=C(NC(c1ccc2c(c1)OCO2)c1ccccn1)C1CCN(CCOc2ccc(Cl)cc2)CC1.